The summed E-state index contributed by atoms with van der Waals surface area (Å²) in [6, 6.07) is 0.0772. The lowest BCUT2D eigenvalue weighted by Gasteiger charge is -2.04. The SMILES string of the molecule is NC(Cc1nc(CCOCC(F)F)no1)C1CC1. The van der Waals surface area contributed by atoms with Crippen LogP contribution in [0.15, 0.2) is 4.52 Å². The summed E-state index contributed by atoms with van der Waals surface area (Å²) in [4.78, 5) is 4.15. The Morgan fingerprint density at radius 1 is 1.44 bits per heavy atom. The Kier molecular flexibility index (Phi) is 4.60. The summed E-state index contributed by atoms with van der Waals surface area (Å²) in [7, 11) is 0. The van der Waals surface area contributed by atoms with E-state index in [1.807, 2.05) is 0 Å². The highest BCUT2D eigenvalue weighted by molar-refractivity contribution is 4.93. The van der Waals surface area contributed by atoms with Crippen molar-refractivity contribution in [3.05, 3.63) is 11.7 Å². The summed E-state index contributed by atoms with van der Waals surface area (Å²) in [5, 5.41) is 3.76. The molecule has 0 bridgehead atoms. The molecule has 1 heterocycles. The molecule has 1 aliphatic rings. The zero-order valence-corrected chi connectivity index (χ0v) is 10.0. The fourth-order valence-corrected chi connectivity index (χ4v) is 1.70. The van der Waals surface area contributed by atoms with Gasteiger partial charge in [0.05, 0.1) is 6.61 Å². The minimum atomic E-state index is -2.44. The Morgan fingerprint density at radius 2 is 2.22 bits per heavy atom. The number of nitrogens with zero attached hydrogens (tertiary/aromatic N) is 2. The van der Waals surface area contributed by atoms with E-state index in [1.165, 1.54) is 12.8 Å². The third kappa shape index (κ3) is 4.30. The second kappa shape index (κ2) is 6.19. The predicted octanol–water partition coefficient (Wildman–Crippen LogP) is 1.17. The zero-order valence-electron chi connectivity index (χ0n) is 10.0. The van der Waals surface area contributed by atoms with E-state index >= 15 is 0 Å². The molecule has 102 valence electrons. The normalized spacial score (nSPS) is 17.3. The second-order valence-corrected chi connectivity index (χ2v) is 4.53. The van der Waals surface area contributed by atoms with Crippen LogP contribution in [0.25, 0.3) is 0 Å². The van der Waals surface area contributed by atoms with Crippen molar-refractivity contribution in [2.75, 3.05) is 13.2 Å². The molecular weight excluding hydrogens is 244 g/mol. The first-order chi connectivity index (χ1) is 8.65. The highest BCUT2D eigenvalue weighted by Gasteiger charge is 2.29. The van der Waals surface area contributed by atoms with Crippen LogP contribution in [-0.2, 0) is 17.6 Å². The number of nitrogens with two attached hydrogens (primary N) is 1. The van der Waals surface area contributed by atoms with Gasteiger partial charge >= 0.3 is 0 Å². The van der Waals surface area contributed by atoms with Gasteiger partial charge in [-0.1, -0.05) is 5.16 Å². The molecule has 5 nitrogen and oxygen atoms in total. The van der Waals surface area contributed by atoms with Gasteiger partial charge in [0.1, 0.15) is 6.61 Å². The van der Waals surface area contributed by atoms with E-state index in [-0.39, 0.29) is 12.6 Å². The van der Waals surface area contributed by atoms with E-state index < -0.39 is 13.0 Å². The van der Waals surface area contributed by atoms with Crippen LogP contribution in [0.5, 0.6) is 0 Å². The lowest BCUT2D eigenvalue weighted by molar-refractivity contribution is 0.0182. The molecule has 0 aromatic carbocycles. The van der Waals surface area contributed by atoms with Crippen LogP contribution in [0.1, 0.15) is 24.6 Å². The summed E-state index contributed by atoms with van der Waals surface area (Å²) in [5.41, 5.74) is 5.94. The summed E-state index contributed by atoms with van der Waals surface area (Å²) in [6.45, 7) is -0.394. The van der Waals surface area contributed by atoms with Gasteiger partial charge in [-0.3, -0.25) is 0 Å². The van der Waals surface area contributed by atoms with E-state index in [0.29, 0.717) is 30.5 Å². The van der Waals surface area contributed by atoms with Crippen LogP contribution in [-0.4, -0.2) is 35.8 Å². The number of aromatic nitrogens is 2. The molecule has 0 amide bonds. The Labute approximate surface area is 104 Å². The topological polar surface area (TPSA) is 74.2 Å². The largest absolute Gasteiger partial charge is 0.375 e. The molecule has 0 saturated heterocycles. The molecule has 2 N–H and O–H groups in total. The first-order valence-corrected chi connectivity index (χ1v) is 6.08. The van der Waals surface area contributed by atoms with Crippen molar-refractivity contribution in [3.63, 3.8) is 0 Å². The van der Waals surface area contributed by atoms with Gasteiger partial charge in [0.15, 0.2) is 5.82 Å². The number of halogens is 2. The quantitative estimate of drug-likeness (QED) is 0.711. The first kappa shape index (κ1) is 13.4. The third-order valence-corrected chi connectivity index (χ3v) is 2.86. The van der Waals surface area contributed by atoms with E-state index in [4.69, 9.17) is 15.0 Å². The fraction of sp³-hybridized carbons (Fsp3) is 0.818. The van der Waals surface area contributed by atoms with Crippen LogP contribution in [0.3, 0.4) is 0 Å². The van der Waals surface area contributed by atoms with Crippen molar-refractivity contribution in [3.8, 4) is 0 Å². The molecule has 1 atom stereocenters. The molecule has 1 aromatic rings. The molecule has 18 heavy (non-hydrogen) atoms. The van der Waals surface area contributed by atoms with Crippen molar-refractivity contribution in [2.24, 2.45) is 11.7 Å². The number of alkyl halides is 2. The molecule has 0 radical (unpaired) electrons. The summed E-state index contributed by atoms with van der Waals surface area (Å²) < 4.78 is 33.4. The van der Waals surface area contributed by atoms with Gasteiger partial charge in [0, 0.05) is 18.9 Å². The van der Waals surface area contributed by atoms with Crippen molar-refractivity contribution in [1.29, 1.82) is 0 Å². The standard InChI is InChI=1S/C11H17F2N3O2/c12-9(13)6-17-4-3-10-15-11(18-16-10)5-8(14)7-1-2-7/h7-9H,1-6,14H2. The molecule has 0 spiro atoms. The Hall–Kier alpha value is -1.08. The Balaban J connectivity index is 1.68. The molecule has 1 aromatic heterocycles. The van der Waals surface area contributed by atoms with Crippen molar-refractivity contribution < 1.29 is 18.0 Å². The second-order valence-electron chi connectivity index (χ2n) is 4.53. The molecule has 1 saturated carbocycles. The van der Waals surface area contributed by atoms with E-state index in [2.05, 4.69) is 10.1 Å². The average molecular weight is 261 g/mol. The van der Waals surface area contributed by atoms with Gasteiger partial charge in [0.25, 0.3) is 6.43 Å². The monoisotopic (exact) mass is 261 g/mol. The average Bonchev–Trinajstić information content (AvgIpc) is 3.08. The first-order valence-electron chi connectivity index (χ1n) is 6.08. The lowest BCUT2D eigenvalue weighted by atomic mass is 10.1. The molecular formula is C11H17F2N3O2. The molecule has 1 fully saturated rings. The maximum Gasteiger partial charge on any atom is 0.261 e. The number of rotatable bonds is 8. The molecule has 0 aliphatic heterocycles. The van der Waals surface area contributed by atoms with Gasteiger partial charge in [-0.2, -0.15) is 4.98 Å². The van der Waals surface area contributed by atoms with Crippen LogP contribution in [0, 0.1) is 5.92 Å². The van der Waals surface area contributed by atoms with E-state index in [9.17, 15) is 8.78 Å². The van der Waals surface area contributed by atoms with E-state index in [1.54, 1.807) is 0 Å². The van der Waals surface area contributed by atoms with Gasteiger partial charge in [0.2, 0.25) is 5.89 Å². The van der Waals surface area contributed by atoms with Crippen molar-refractivity contribution in [1.82, 2.24) is 10.1 Å². The van der Waals surface area contributed by atoms with Crippen LogP contribution in [0.4, 0.5) is 8.78 Å². The highest BCUT2D eigenvalue weighted by Crippen LogP contribution is 2.32. The fourth-order valence-electron chi connectivity index (χ4n) is 1.70. The number of hydrogen-bond acceptors (Lipinski definition) is 5. The summed E-state index contributed by atoms with van der Waals surface area (Å²) in [6.07, 6.45) is 0.847. The number of ether oxygens (including phenoxy) is 1. The maximum atomic E-state index is 11.8. The highest BCUT2D eigenvalue weighted by atomic mass is 19.3. The molecule has 1 unspecified atom stereocenters. The van der Waals surface area contributed by atoms with Gasteiger partial charge in [-0.05, 0) is 18.8 Å². The van der Waals surface area contributed by atoms with Crippen LogP contribution in [0.2, 0.25) is 0 Å². The van der Waals surface area contributed by atoms with Crippen LogP contribution < -0.4 is 5.73 Å². The minimum absolute atomic E-state index is 0.0772. The van der Waals surface area contributed by atoms with Gasteiger partial charge in [-0.25, -0.2) is 8.78 Å². The van der Waals surface area contributed by atoms with E-state index in [0.717, 1.165) is 0 Å². The predicted molar refractivity (Wildman–Crippen MR) is 59.2 cm³/mol. The Morgan fingerprint density at radius 3 is 2.89 bits per heavy atom. The number of hydrogen-bond donors (Lipinski definition) is 1. The van der Waals surface area contributed by atoms with Gasteiger partial charge in [-0.15, -0.1) is 0 Å². The summed E-state index contributed by atoms with van der Waals surface area (Å²) >= 11 is 0. The van der Waals surface area contributed by atoms with Crippen molar-refractivity contribution in [2.45, 2.75) is 38.2 Å². The lowest BCUT2D eigenvalue weighted by Crippen LogP contribution is -2.25. The van der Waals surface area contributed by atoms with Crippen LogP contribution >= 0.6 is 0 Å². The summed E-state index contributed by atoms with van der Waals surface area (Å²) in [5.74, 6) is 1.57. The molecule has 1 aliphatic carbocycles. The van der Waals surface area contributed by atoms with Crippen molar-refractivity contribution >= 4 is 0 Å². The molecule has 7 heteroatoms. The molecule has 2 rings (SSSR count). The third-order valence-electron chi connectivity index (χ3n) is 2.86. The maximum absolute atomic E-state index is 11.8. The van der Waals surface area contributed by atoms with Gasteiger partial charge < -0.3 is 15.0 Å². The minimum Gasteiger partial charge on any atom is -0.375 e. The smallest absolute Gasteiger partial charge is 0.261 e. The Bertz CT molecular complexity index is 369. The zero-order chi connectivity index (χ0) is 13.0.